The lowest BCUT2D eigenvalue weighted by atomic mass is 10.0. The highest BCUT2D eigenvalue weighted by atomic mass is 32.2. The summed E-state index contributed by atoms with van der Waals surface area (Å²) in [7, 11) is 2.47. The minimum atomic E-state index is -0.624. The fraction of sp³-hybridized carbons (Fsp3) is 0.450. The second-order valence-corrected chi connectivity index (χ2v) is 7.98. The van der Waals surface area contributed by atoms with Crippen molar-refractivity contribution in [2.24, 2.45) is 5.92 Å². The van der Waals surface area contributed by atoms with E-state index in [9.17, 15) is 14.4 Å². The number of nitrogens with zero attached hydrogens (tertiary/aromatic N) is 2. The topological polar surface area (TPSA) is 123 Å². The summed E-state index contributed by atoms with van der Waals surface area (Å²) in [4.78, 5) is 40.5. The fourth-order valence-corrected chi connectivity index (χ4v) is 4.04. The average molecular weight is 433 g/mol. The molecule has 0 aliphatic heterocycles. The third kappa shape index (κ3) is 5.82. The van der Waals surface area contributed by atoms with Gasteiger partial charge in [0.2, 0.25) is 11.1 Å². The van der Waals surface area contributed by atoms with Gasteiger partial charge < -0.3 is 14.8 Å². The van der Waals surface area contributed by atoms with Crippen molar-refractivity contribution in [2.75, 3.05) is 25.3 Å². The van der Waals surface area contributed by atoms with E-state index in [1.165, 1.54) is 69.9 Å². The number of amides is 1. The molecule has 3 rings (SSSR count). The van der Waals surface area contributed by atoms with Crippen LogP contribution in [0.5, 0.6) is 0 Å². The number of H-pyrrole nitrogens is 1. The monoisotopic (exact) mass is 432 g/mol. The first-order valence-corrected chi connectivity index (χ1v) is 10.6. The molecule has 160 valence electrons. The van der Waals surface area contributed by atoms with Crippen molar-refractivity contribution in [3.05, 3.63) is 35.2 Å². The highest BCUT2D eigenvalue weighted by Crippen LogP contribution is 2.27. The first-order valence-electron chi connectivity index (χ1n) is 9.64. The van der Waals surface area contributed by atoms with Crippen LogP contribution in [0.4, 0.5) is 5.69 Å². The average Bonchev–Trinajstić information content (AvgIpc) is 3.43. The summed E-state index contributed by atoms with van der Waals surface area (Å²) >= 11 is 1.21. The highest BCUT2D eigenvalue weighted by molar-refractivity contribution is 7.99. The van der Waals surface area contributed by atoms with E-state index in [2.05, 4.69) is 20.5 Å². The SMILES string of the molecule is COC(=O)c1cc(NC(=O)CSc2n[nH]c(CC3CCCC3)n2)cc(C(=O)OC)c1. The molecule has 1 fully saturated rings. The lowest BCUT2D eigenvalue weighted by Crippen LogP contribution is -2.16. The third-order valence-corrected chi connectivity index (χ3v) is 5.71. The molecule has 0 spiro atoms. The third-order valence-electron chi connectivity index (χ3n) is 4.86. The van der Waals surface area contributed by atoms with Gasteiger partial charge in [0.1, 0.15) is 5.82 Å². The Bertz CT molecular complexity index is 889. The van der Waals surface area contributed by atoms with Crippen LogP contribution in [-0.4, -0.2) is 53.0 Å². The number of thioether (sulfide) groups is 1. The summed E-state index contributed by atoms with van der Waals surface area (Å²) in [5.41, 5.74) is 0.559. The van der Waals surface area contributed by atoms with Gasteiger partial charge in [-0.3, -0.25) is 9.89 Å². The number of hydrogen-bond donors (Lipinski definition) is 2. The van der Waals surface area contributed by atoms with Gasteiger partial charge in [-0.25, -0.2) is 14.6 Å². The molecule has 10 heteroatoms. The Labute approximate surface area is 178 Å². The van der Waals surface area contributed by atoms with Gasteiger partial charge in [0, 0.05) is 12.1 Å². The highest BCUT2D eigenvalue weighted by Gasteiger charge is 2.18. The van der Waals surface area contributed by atoms with E-state index in [0.717, 1.165) is 12.2 Å². The second-order valence-electron chi connectivity index (χ2n) is 7.04. The Balaban J connectivity index is 1.59. The number of methoxy groups -OCH3 is 2. The number of benzene rings is 1. The van der Waals surface area contributed by atoms with Gasteiger partial charge in [0.25, 0.3) is 0 Å². The molecule has 0 bridgehead atoms. The number of nitrogens with one attached hydrogen (secondary N) is 2. The standard InChI is InChI=1S/C20H24N4O5S/c1-28-18(26)13-8-14(19(27)29-2)10-15(9-13)21-17(25)11-30-20-22-16(23-24-20)7-12-5-3-4-6-12/h8-10,12H,3-7,11H2,1-2H3,(H,21,25)(H,22,23,24). The quantitative estimate of drug-likeness (QED) is 0.482. The van der Waals surface area contributed by atoms with Crippen LogP contribution in [0.2, 0.25) is 0 Å². The molecule has 9 nitrogen and oxygen atoms in total. The predicted octanol–water partition coefficient (Wildman–Crippen LogP) is 2.84. The molecule has 0 saturated heterocycles. The summed E-state index contributed by atoms with van der Waals surface area (Å²) in [6, 6.07) is 4.22. The maximum absolute atomic E-state index is 12.3. The molecule has 1 aromatic heterocycles. The Hall–Kier alpha value is -2.88. The van der Waals surface area contributed by atoms with Gasteiger partial charge in [0.05, 0.1) is 31.1 Å². The van der Waals surface area contributed by atoms with Crippen molar-refractivity contribution >= 4 is 35.3 Å². The minimum Gasteiger partial charge on any atom is -0.465 e. The van der Waals surface area contributed by atoms with Crippen molar-refractivity contribution in [1.29, 1.82) is 0 Å². The molecule has 1 heterocycles. The molecule has 0 unspecified atom stereocenters. The number of aromatic nitrogens is 3. The van der Waals surface area contributed by atoms with Crippen LogP contribution in [0.3, 0.4) is 0 Å². The maximum Gasteiger partial charge on any atom is 0.337 e. The summed E-state index contributed by atoms with van der Waals surface area (Å²) in [5.74, 6) is 0.0160. The van der Waals surface area contributed by atoms with Gasteiger partial charge in [-0.15, -0.1) is 5.10 Å². The maximum atomic E-state index is 12.3. The zero-order chi connectivity index (χ0) is 21.5. The van der Waals surface area contributed by atoms with Crippen LogP contribution in [0.1, 0.15) is 52.2 Å². The summed E-state index contributed by atoms with van der Waals surface area (Å²) in [5, 5.41) is 10.3. The van der Waals surface area contributed by atoms with E-state index in [1.807, 2.05) is 0 Å². The van der Waals surface area contributed by atoms with Crippen LogP contribution in [-0.2, 0) is 20.7 Å². The van der Waals surface area contributed by atoms with Crippen molar-refractivity contribution in [2.45, 2.75) is 37.3 Å². The predicted molar refractivity (Wildman–Crippen MR) is 111 cm³/mol. The van der Waals surface area contributed by atoms with Gasteiger partial charge in [-0.1, -0.05) is 37.4 Å². The van der Waals surface area contributed by atoms with Gasteiger partial charge >= 0.3 is 11.9 Å². The van der Waals surface area contributed by atoms with Crippen molar-refractivity contribution in [3.8, 4) is 0 Å². The molecule has 2 aromatic rings. The van der Waals surface area contributed by atoms with Crippen molar-refractivity contribution < 1.29 is 23.9 Å². The normalized spacial score (nSPS) is 13.8. The van der Waals surface area contributed by atoms with Gasteiger partial charge in [-0.2, -0.15) is 0 Å². The number of esters is 2. The first kappa shape index (κ1) is 21.8. The number of anilines is 1. The van der Waals surface area contributed by atoms with E-state index in [1.54, 1.807) is 0 Å². The number of rotatable bonds is 8. The number of ether oxygens (including phenoxy) is 2. The molecule has 1 aromatic carbocycles. The van der Waals surface area contributed by atoms with Crippen molar-refractivity contribution in [3.63, 3.8) is 0 Å². The van der Waals surface area contributed by atoms with Crippen LogP contribution in [0, 0.1) is 5.92 Å². The number of aromatic amines is 1. The largest absolute Gasteiger partial charge is 0.465 e. The zero-order valence-electron chi connectivity index (χ0n) is 16.9. The lowest BCUT2D eigenvalue weighted by Gasteiger charge is -2.09. The number of carbonyl (C=O) groups is 3. The van der Waals surface area contributed by atoms with Crippen molar-refractivity contribution in [1.82, 2.24) is 15.2 Å². The van der Waals surface area contributed by atoms with Crippen LogP contribution in [0.15, 0.2) is 23.4 Å². The molecule has 2 N–H and O–H groups in total. The Morgan fingerprint density at radius 1 is 1.10 bits per heavy atom. The molecule has 1 saturated carbocycles. The van der Waals surface area contributed by atoms with E-state index in [0.29, 0.717) is 16.8 Å². The first-order chi connectivity index (χ1) is 14.5. The molecule has 1 aliphatic carbocycles. The number of carbonyl (C=O) groups excluding carboxylic acids is 3. The molecule has 0 atom stereocenters. The smallest absolute Gasteiger partial charge is 0.337 e. The minimum absolute atomic E-state index is 0.0801. The van der Waals surface area contributed by atoms with E-state index in [4.69, 9.17) is 9.47 Å². The summed E-state index contributed by atoms with van der Waals surface area (Å²) in [6.45, 7) is 0. The van der Waals surface area contributed by atoms with Crippen LogP contribution >= 0.6 is 11.8 Å². The molecule has 0 radical (unpaired) electrons. The fourth-order valence-electron chi connectivity index (χ4n) is 3.42. The molecular weight excluding hydrogens is 408 g/mol. The molecule has 1 amide bonds. The van der Waals surface area contributed by atoms with Gasteiger partial charge in [0.15, 0.2) is 0 Å². The Morgan fingerprint density at radius 2 is 1.73 bits per heavy atom. The zero-order valence-corrected chi connectivity index (χ0v) is 17.7. The summed E-state index contributed by atoms with van der Waals surface area (Å²) < 4.78 is 9.38. The van der Waals surface area contributed by atoms with E-state index < -0.39 is 11.9 Å². The van der Waals surface area contributed by atoms with Crippen LogP contribution < -0.4 is 5.32 Å². The number of hydrogen-bond acceptors (Lipinski definition) is 8. The molecular formula is C20H24N4O5S. The summed E-state index contributed by atoms with van der Waals surface area (Å²) in [6.07, 6.45) is 5.88. The molecule has 1 aliphatic rings. The second kappa shape index (κ2) is 10.2. The molecule has 30 heavy (non-hydrogen) atoms. The van der Waals surface area contributed by atoms with Gasteiger partial charge in [-0.05, 0) is 24.1 Å². The van der Waals surface area contributed by atoms with Crippen LogP contribution in [0.25, 0.3) is 0 Å². The van der Waals surface area contributed by atoms with E-state index >= 15 is 0 Å². The Kier molecular flexibility index (Phi) is 7.45. The Morgan fingerprint density at radius 3 is 2.33 bits per heavy atom. The lowest BCUT2D eigenvalue weighted by molar-refractivity contribution is -0.113. The van der Waals surface area contributed by atoms with E-state index in [-0.39, 0.29) is 22.8 Å².